The molecule has 0 amide bonds. The average molecular weight is 451 g/mol. The van der Waals surface area contributed by atoms with Crippen LogP contribution in [0.15, 0.2) is 0 Å². The number of nitrogens with one attached hydrogen (secondary N) is 4. The molecule has 32 heavy (non-hydrogen) atoms. The molecule has 6 rings (SSSR count). The van der Waals surface area contributed by atoms with Crippen molar-refractivity contribution in [2.75, 3.05) is 39.3 Å². The van der Waals surface area contributed by atoms with Crippen LogP contribution < -0.4 is 21.3 Å². The lowest BCUT2D eigenvalue weighted by Crippen LogP contribution is -2.61. The Kier molecular flexibility index (Phi) is 6.48. The van der Waals surface area contributed by atoms with Crippen molar-refractivity contribution < 1.29 is 9.13 Å². The van der Waals surface area contributed by atoms with E-state index < -0.39 is 6.17 Å². The molecule has 6 bridgehead atoms. The molecule has 4 N–H and O–H groups in total. The van der Waals surface area contributed by atoms with Gasteiger partial charge in [0.1, 0.15) is 6.17 Å². The fourth-order valence-electron chi connectivity index (χ4n) is 7.83. The maximum Gasteiger partial charge on any atom is 0.102 e. The van der Waals surface area contributed by atoms with E-state index in [1.54, 1.807) is 0 Å². The summed E-state index contributed by atoms with van der Waals surface area (Å²) in [6, 6.07) is 2.13. The SMILES string of the molecule is CC1NC2CC(F)CC3C4CCCC(N4)N[C@@H]4CN[C@@H](C4)CN4CCCO[C@@H](C4)CN1C23. The van der Waals surface area contributed by atoms with Crippen molar-refractivity contribution in [1.82, 2.24) is 31.1 Å². The Bertz CT molecular complexity index is 656. The van der Waals surface area contributed by atoms with Crippen LogP contribution in [0.25, 0.3) is 0 Å². The van der Waals surface area contributed by atoms with E-state index in [2.05, 4.69) is 38.0 Å². The fraction of sp³-hybridized carbons (Fsp3) is 1.00. The zero-order valence-electron chi connectivity index (χ0n) is 19.6. The van der Waals surface area contributed by atoms with E-state index in [1.165, 1.54) is 25.7 Å². The van der Waals surface area contributed by atoms with Gasteiger partial charge in [-0.3, -0.25) is 25.8 Å². The number of piperidine rings is 1. The van der Waals surface area contributed by atoms with Crippen LogP contribution in [0.2, 0.25) is 0 Å². The number of ether oxygens (including phenoxy) is 1. The zero-order valence-corrected chi connectivity index (χ0v) is 19.6. The Balaban J connectivity index is 1.30. The van der Waals surface area contributed by atoms with E-state index in [4.69, 9.17) is 4.74 Å². The van der Waals surface area contributed by atoms with Crippen molar-refractivity contribution in [2.45, 2.75) is 107 Å². The molecule has 5 saturated heterocycles. The first-order valence-corrected chi connectivity index (χ1v) is 13.4. The van der Waals surface area contributed by atoms with E-state index in [1.807, 2.05) is 0 Å². The molecule has 11 atom stereocenters. The first-order valence-electron chi connectivity index (χ1n) is 13.4. The minimum absolute atomic E-state index is 0.233. The zero-order chi connectivity index (χ0) is 21.7. The monoisotopic (exact) mass is 450 g/mol. The molecule has 8 heteroatoms. The number of alkyl halides is 1. The topological polar surface area (TPSA) is 63.8 Å². The standard InChI is InChI=1S/C24H43FN6O/c1-15-27-22-9-16(25)8-20-21-4-2-5-23(29-21)28-17-10-18(26-11-17)12-30-6-3-7-32-19(13-30)14-31(15)24(20)22/h15-24,26-29H,2-14H2,1H3/t15?,16?,17-,18-,19-,20?,21?,22?,23?,24?/m0/s1. The summed E-state index contributed by atoms with van der Waals surface area (Å²) < 4.78 is 21.3. The van der Waals surface area contributed by atoms with Crippen LogP contribution in [-0.2, 0) is 4.74 Å². The van der Waals surface area contributed by atoms with Crippen molar-refractivity contribution in [1.29, 1.82) is 0 Å². The number of fused-ring (bicyclic) bond motifs is 7. The molecule has 0 aromatic carbocycles. The third kappa shape index (κ3) is 4.49. The first-order chi connectivity index (χ1) is 15.6. The molecule has 0 aromatic heterocycles. The summed E-state index contributed by atoms with van der Waals surface area (Å²) in [5, 5.41) is 15.4. The lowest BCUT2D eigenvalue weighted by atomic mass is 9.74. The van der Waals surface area contributed by atoms with Gasteiger partial charge in [-0.15, -0.1) is 0 Å². The molecule has 0 aromatic rings. The second-order valence-electron chi connectivity index (χ2n) is 11.4. The lowest BCUT2D eigenvalue weighted by molar-refractivity contribution is -0.00986. The van der Waals surface area contributed by atoms with Gasteiger partial charge in [0.25, 0.3) is 0 Å². The molecular formula is C24H43FN6O. The van der Waals surface area contributed by atoms with E-state index >= 15 is 0 Å². The highest BCUT2D eigenvalue weighted by Gasteiger charge is 2.51. The van der Waals surface area contributed by atoms with E-state index in [0.717, 1.165) is 45.8 Å². The third-order valence-electron chi connectivity index (χ3n) is 9.15. The van der Waals surface area contributed by atoms with Crippen molar-refractivity contribution in [2.24, 2.45) is 5.92 Å². The highest BCUT2D eigenvalue weighted by Crippen LogP contribution is 2.39. The molecule has 1 saturated carbocycles. The van der Waals surface area contributed by atoms with Crippen LogP contribution in [-0.4, -0.2) is 104 Å². The molecule has 0 spiro atoms. The number of nitrogens with zero attached hydrogens (tertiary/aromatic N) is 2. The van der Waals surface area contributed by atoms with Gasteiger partial charge in [-0.05, 0) is 57.8 Å². The van der Waals surface area contributed by atoms with Crippen LogP contribution in [0.4, 0.5) is 4.39 Å². The highest BCUT2D eigenvalue weighted by molar-refractivity contribution is 5.07. The fourth-order valence-corrected chi connectivity index (χ4v) is 7.83. The molecule has 5 aliphatic heterocycles. The summed E-state index contributed by atoms with van der Waals surface area (Å²) >= 11 is 0. The van der Waals surface area contributed by atoms with Gasteiger partial charge < -0.3 is 10.1 Å². The van der Waals surface area contributed by atoms with Crippen molar-refractivity contribution >= 4 is 0 Å². The van der Waals surface area contributed by atoms with E-state index in [-0.39, 0.29) is 18.3 Å². The van der Waals surface area contributed by atoms with Crippen molar-refractivity contribution in [3.63, 3.8) is 0 Å². The molecule has 7 nitrogen and oxygen atoms in total. The van der Waals surface area contributed by atoms with Crippen molar-refractivity contribution in [3.05, 3.63) is 0 Å². The summed E-state index contributed by atoms with van der Waals surface area (Å²) in [5.74, 6) is 0.354. The maximum atomic E-state index is 14.9. The summed E-state index contributed by atoms with van der Waals surface area (Å²) in [6.45, 7) is 8.39. The van der Waals surface area contributed by atoms with Gasteiger partial charge in [-0.2, -0.15) is 0 Å². The average Bonchev–Trinajstić information content (AvgIpc) is 3.24. The largest absolute Gasteiger partial charge is 0.375 e. The molecule has 6 aliphatic rings. The summed E-state index contributed by atoms with van der Waals surface area (Å²) in [7, 11) is 0. The first kappa shape index (κ1) is 22.1. The molecule has 1 aliphatic carbocycles. The molecule has 182 valence electrons. The maximum absolute atomic E-state index is 14.9. The molecule has 5 heterocycles. The molecule has 8 unspecified atom stereocenters. The Morgan fingerprint density at radius 3 is 2.78 bits per heavy atom. The lowest BCUT2D eigenvalue weighted by Gasteiger charge is -2.47. The highest BCUT2D eigenvalue weighted by atomic mass is 19.1. The van der Waals surface area contributed by atoms with Crippen LogP contribution in [0.5, 0.6) is 0 Å². The Morgan fingerprint density at radius 2 is 1.84 bits per heavy atom. The van der Waals surface area contributed by atoms with Crippen molar-refractivity contribution in [3.8, 4) is 0 Å². The summed E-state index contributed by atoms with van der Waals surface area (Å²) in [5.41, 5.74) is 0. The predicted molar refractivity (Wildman–Crippen MR) is 123 cm³/mol. The Hall–Kier alpha value is -0.350. The van der Waals surface area contributed by atoms with Gasteiger partial charge in [-0.1, -0.05) is 0 Å². The number of hydrogen-bond acceptors (Lipinski definition) is 7. The second-order valence-corrected chi connectivity index (χ2v) is 11.4. The van der Waals surface area contributed by atoms with Gasteiger partial charge in [0.05, 0.1) is 18.4 Å². The summed E-state index contributed by atoms with van der Waals surface area (Å²) in [4.78, 5) is 5.29. The van der Waals surface area contributed by atoms with Gasteiger partial charge in [0, 0.05) is 69.5 Å². The normalized spacial score (nSPS) is 52.5. The number of rotatable bonds is 0. The molecule has 6 fully saturated rings. The van der Waals surface area contributed by atoms with Crippen LogP contribution >= 0.6 is 0 Å². The molecular weight excluding hydrogens is 407 g/mol. The number of halogens is 1. The predicted octanol–water partition coefficient (Wildman–Crippen LogP) is 0.616. The van der Waals surface area contributed by atoms with Gasteiger partial charge >= 0.3 is 0 Å². The van der Waals surface area contributed by atoms with Crippen LogP contribution in [0, 0.1) is 5.92 Å². The smallest absolute Gasteiger partial charge is 0.102 e. The minimum atomic E-state index is -0.692. The van der Waals surface area contributed by atoms with E-state index in [9.17, 15) is 4.39 Å². The van der Waals surface area contributed by atoms with Crippen LogP contribution in [0.3, 0.4) is 0 Å². The molecule has 0 radical (unpaired) electrons. The summed E-state index contributed by atoms with van der Waals surface area (Å²) in [6.07, 6.45) is 7.41. The Labute approximate surface area is 192 Å². The van der Waals surface area contributed by atoms with Crippen LogP contribution in [0.1, 0.15) is 51.9 Å². The Morgan fingerprint density at radius 1 is 0.906 bits per heavy atom. The second kappa shape index (κ2) is 9.36. The van der Waals surface area contributed by atoms with Gasteiger partial charge in [0.2, 0.25) is 0 Å². The minimum Gasteiger partial charge on any atom is -0.375 e. The third-order valence-corrected chi connectivity index (χ3v) is 9.15. The quantitative estimate of drug-likeness (QED) is 0.432. The van der Waals surface area contributed by atoms with Gasteiger partial charge in [-0.25, -0.2) is 4.39 Å². The van der Waals surface area contributed by atoms with E-state index in [0.29, 0.717) is 49.1 Å². The number of hydrogen-bond donors (Lipinski definition) is 4. The van der Waals surface area contributed by atoms with Gasteiger partial charge in [0.15, 0.2) is 0 Å².